The molecule has 0 N–H and O–H groups in total. The Morgan fingerprint density at radius 3 is 2.31 bits per heavy atom. The number of hydrogen-bond acceptors (Lipinski definition) is 1. The second-order valence-electron chi connectivity index (χ2n) is 2.47. The topological polar surface area (TPSA) is 20.3 Å². The van der Waals surface area contributed by atoms with E-state index in [9.17, 15) is 4.79 Å². The van der Waals surface area contributed by atoms with Crippen LogP contribution in [0.5, 0.6) is 0 Å². The van der Waals surface area contributed by atoms with Crippen LogP contribution in [0.1, 0.15) is 6.92 Å². The summed E-state index contributed by atoms with van der Waals surface area (Å²) in [4.78, 5) is 12.4. The largest absolute Gasteiger partial charge is 0.320 e. The van der Waals surface area contributed by atoms with Crippen molar-refractivity contribution in [3.63, 3.8) is 0 Å². The molecule has 1 aromatic carbocycles. The lowest BCUT2D eigenvalue weighted by atomic mass is 10.3. The molecule has 0 saturated carbocycles. The smallest absolute Gasteiger partial charge is 0.299 e. The second kappa shape index (κ2) is 4.49. The molecule has 0 saturated heterocycles. The molecule has 0 atom stereocenters. The average Bonchev–Trinajstić information content (AvgIpc) is 2.09. The van der Waals surface area contributed by atoms with Crippen LogP contribution in [-0.2, 0) is 0 Å². The highest BCUT2D eigenvalue weighted by Crippen LogP contribution is 2.18. The first-order chi connectivity index (χ1) is 6.15. The maximum absolute atomic E-state index is 10.9. The molecule has 0 unspecified atom stereocenters. The third-order valence-electron chi connectivity index (χ3n) is 1.67. The predicted octanol–water partition coefficient (Wildman–Crippen LogP) is 3.53. The predicted molar refractivity (Wildman–Crippen MR) is 55.7 cm³/mol. The molecule has 2 nitrogen and oxygen atoms in total. The molecule has 0 aliphatic heterocycles. The minimum atomic E-state index is -0.482. The van der Waals surface area contributed by atoms with E-state index in [1.165, 1.54) is 4.90 Å². The summed E-state index contributed by atoms with van der Waals surface area (Å²) in [5, 5.41) is 0.159. The molecule has 4 heteroatoms. The van der Waals surface area contributed by atoms with Crippen molar-refractivity contribution in [2.45, 2.75) is 6.92 Å². The molecule has 0 bridgehead atoms. The fourth-order valence-corrected chi connectivity index (χ4v) is 1.37. The molecular formula is C9H9Cl2NO. The van der Waals surface area contributed by atoms with Gasteiger partial charge in [-0.3, -0.25) is 9.69 Å². The Hall–Kier alpha value is -0.730. The van der Waals surface area contributed by atoms with Gasteiger partial charge in [0, 0.05) is 17.3 Å². The van der Waals surface area contributed by atoms with Gasteiger partial charge in [-0.1, -0.05) is 11.6 Å². The van der Waals surface area contributed by atoms with Crippen molar-refractivity contribution in [2.24, 2.45) is 0 Å². The normalized spacial score (nSPS) is 9.77. The molecule has 0 aliphatic rings. The summed E-state index contributed by atoms with van der Waals surface area (Å²) in [5.41, 5.74) is 0.756. The van der Waals surface area contributed by atoms with Crippen molar-refractivity contribution >= 4 is 34.3 Å². The van der Waals surface area contributed by atoms with Crippen LogP contribution in [0, 0.1) is 0 Å². The van der Waals surface area contributed by atoms with E-state index in [0.717, 1.165) is 5.69 Å². The van der Waals surface area contributed by atoms with E-state index < -0.39 is 5.37 Å². The van der Waals surface area contributed by atoms with E-state index >= 15 is 0 Å². The van der Waals surface area contributed by atoms with Gasteiger partial charge in [0.1, 0.15) is 0 Å². The van der Waals surface area contributed by atoms with Crippen LogP contribution in [0.2, 0.25) is 5.02 Å². The number of nitrogens with zero attached hydrogens (tertiary/aromatic N) is 1. The Kier molecular flexibility index (Phi) is 3.58. The van der Waals surface area contributed by atoms with Gasteiger partial charge < -0.3 is 0 Å². The minimum absolute atomic E-state index is 0.482. The first-order valence-electron chi connectivity index (χ1n) is 3.87. The van der Waals surface area contributed by atoms with E-state index in [-0.39, 0.29) is 0 Å². The van der Waals surface area contributed by atoms with Gasteiger partial charge in [0.05, 0.1) is 0 Å². The van der Waals surface area contributed by atoms with Gasteiger partial charge in [-0.25, -0.2) is 0 Å². The molecule has 1 rings (SSSR count). The molecule has 0 radical (unpaired) electrons. The number of carbonyl (C=O) groups excluding carboxylic acids is 1. The van der Waals surface area contributed by atoms with Crippen LogP contribution in [0.15, 0.2) is 24.3 Å². The third kappa shape index (κ3) is 2.61. The summed E-state index contributed by atoms with van der Waals surface area (Å²) in [6, 6.07) is 6.96. The first-order valence-corrected chi connectivity index (χ1v) is 4.63. The Morgan fingerprint density at radius 1 is 1.38 bits per heavy atom. The Bertz CT molecular complexity index is 297. The van der Waals surface area contributed by atoms with E-state index in [0.29, 0.717) is 11.6 Å². The monoisotopic (exact) mass is 217 g/mol. The lowest BCUT2D eigenvalue weighted by molar-refractivity contribution is 0.264. The Labute approximate surface area is 87.1 Å². The molecule has 1 amide bonds. The van der Waals surface area contributed by atoms with Crippen molar-refractivity contribution in [1.29, 1.82) is 0 Å². The van der Waals surface area contributed by atoms with Gasteiger partial charge in [-0.15, -0.1) is 0 Å². The molecule has 1 aromatic rings. The van der Waals surface area contributed by atoms with E-state index in [4.69, 9.17) is 23.2 Å². The van der Waals surface area contributed by atoms with Gasteiger partial charge in [0.15, 0.2) is 0 Å². The SMILES string of the molecule is CCN(C(=O)Cl)c1ccc(Cl)cc1. The molecule has 13 heavy (non-hydrogen) atoms. The summed E-state index contributed by atoms with van der Waals surface area (Å²) in [7, 11) is 0. The Morgan fingerprint density at radius 2 is 1.92 bits per heavy atom. The number of rotatable bonds is 2. The van der Waals surface area contributed by atoms with Gasteiger partial charge >= 0.3 is 5.37 Å². The molecule has 0 heterocycles. The summed E-state index contributed by atoms with van der Waals surface area (Å²) in [5.74, 6) is 0. The van der Waals surface area contributed by atoms with E-state index in [1.807, 2.05) is 6.92 Å². The van der Waals surface area contributed by atoms with Crippen molar-refractivity contribution in [2.75, 3.05) is 11.4 Å². The maximum Gasteiger partial charge on any atom is 0.320 e. The number of benzene rings is 1. The van der Waals surface area contributed by atoms with Crippen molar-refractivity contribution in [1.82, 2.24) is 0 Å². The zero-order chi connectivity index (χ0) is 9.84. The van der Waals surface area contributed by atoms with Crippen molar-refractivity contribution < 1.29 is 4.79 Å². The Balaban J connectivity index is 2.92. The van der Waals surface area contributed by atoms with Crippen LogP contribution in [0.4, 0.5) is 10.5 Å². The zero-order valence-electron chi connectivity index (χ0n) is 7.13. The van der Waals surface area contributed by atoms with Gasteiger partial charge in [0.25, 0.3) is 0 Å². The van der Waals surface area contributed by atoms with Gasteiger partial charge in [0.2, 0.25) is 0 Å². The van der Waals surface area contributed by atoms with Crippen molar-refractivity contribution in [3.8, 4) is 0 Å². The number of anilines is 1. The molecule has 0 aliphatic carbocycles. The minimum Gasteiger partial charge on any atom is -0.299 e. The molecule has 0 fully saturated rings. The number of halogens is 2. The molecule has 0 aromatic heterocycles. The molecule has 0 spiro atoms. The van der Waals surface area contributed by atoms with Crippen LogP contribution >= 0.6 is 23.2 Å². The van der Waals surface area contributed by atoms with E-state index in [2.05, 4.69) is 0 Å². The van der Waals surface area contributed by atoms with Gasteiger partial charge in [-0.05, 0) is 42.8 Å². The number of hydrogen-bond donors (Lipinski definition) is 0. The quantitative estimate of drug-likeness (QED) is 0.549. The average molecular weight is 218 g/mol. The van der Waals surface area contributed by atoms with Crippen LogP contribution in [0.3, 0.4) is 0 Å². The summed E-state index contributed by atoms with van der Waals surface area (Å²) < 4.78 is 0. The fourth-order valence-electron chi connectivity index (χ4n) is 1.03. The highest BCUT2D eigenvalue weighted by atomic mass is 35.5. The third-order valence-corrected chi connectivity index (χ3v) is 2.12. The lowest BCUT2D eigenvalue weighted by Crippen LogP contribution is -2.24. The van der Waals surface area contributed by atoms with Crippen LogP contribution in [-0.4, -0.2) is 11.9 Å². The van der Waals surface area contributed by atoms with Crippen molar-refractivity contribution in [3.05, 3.63) is 29.3 Å². The second-order valence-corrected chi connectivity index (χ2v) is 3.23. The highest BCUT2D eigenvalue weighted by molar-refractivity contribution is 6.66. The van der Waals surface area contributed by atoms with Crippen LogP contribution < -0.4 is 4.90 Å². The fraction of sp³-hybridized carbons (Fsp3) is 0.222. The highest BCUT2D eigenvalue weighted by Gasteiger charge is 2.09. The summed E-state index contributed by atoms with van der Waals surface area (Å²) in [6.07, 6.45) is 0. The molecular weight excluding hydrogens is 209 g/mol. The van der Waals surface area contributed by atoms with Crippen LogP contribution in [0.25, 0.3) is 0 Å². The summed E-state index contributed by atoms with van der Waals surface area (Å²) >= 11 is 11.1. The first kappa shape index (κ1) is 10.4. The zero-order valence-corrected chi connectivity index (χ0v) is 8.64. The molecule has 70 valence electrons. The number of amides is 1. The lowest BCUT2D eigenvalue weighted by Gasteiger charge is -2.16. The number of carbonyl (C=O) groups is 1. The standard InChI is InChI=1S/C9H9Cl2NO/c1-2-12(9(11)13)8-5-3-7(10)4-6-8/h3-6H,2H2,1H3. The summed E-state index contributed by atoms with van der Waals surface area (Å²) in [6.45, 7) is 2.40. The maximum atomic E-state index is 10.9. The van der Waals surface area contributed by atoms with E-state index in [1.54, 1.807) is 24.3 Å². The van der Waals surface area contributed by atoms with Gasteiger partial charge in [-0.2, -0.15) is 0 Å².